The van der Waals surface area contributed by atoms with Gasteiger partial charge in [0.1, 0.15) is 0 Å². The molecule has 0 saturated carbocycles. The van der Waals surface area contributed by atoms with Gasteiger partial charge >= 0.3 is 0 Å². The summed E-state index contributed by atoms with van der Waals surface area (Å²) in [6.45, 7) is 7.08. The largest absolute Gasteiger partial charge is 0.369 e. The SMILES string of the molecule is CCN(C)CCn1cc(C)nc1N. The summed E-state index contributed by atoms with van der Waals surface area (Å²) in [6.07, 6.45) is 1.98. The Kier molecular flexibility index (Phi) is 3.31. The van der Waals surface area contributed by atoms with Gasteiger partial charge < -0.3 is 15.2 Å². The van der Waals surface area contributed by atoms with E-state index < -0.39 is 0 Å². The number of rotatable bonds is 4. The number of likely N-dealkylation sites (N-methyl/N-ethyl adjacent to an activating group) is 1. The molecule has 0 aliphatic rings. The second-order valence-corrected chi connectivity index (χ2v) is 3.33. The second-order valence-electron chi connectivity index (χ2n) is 3.33. The molecule has 1 aromatic heterocycles. The van der Waals surface area contributed by atoms with E-state index in [2.05, 4.69) is 23.9 Å². The van der Waals surface area contributed by atoms with Crippen molar-refractivity contribution in [2.75, 3.05) is 25.9 Å². The van der Waals surface area contributed by atoms with E-state index in [1.54, 1.807) is 0 Å². The maximum atomic E-state index is 5.70. The van der Waals surface area contributed by atoms with Gasteiger partial charge in [0.25, 0.3) is 0 Å². The second kappa shape index (κ2) is 4.28. The van der Waals surface area contributed by atoms with Crippen molar-refractivity contribution in [3.63, 3.8) is 0 Å². The number of nitrogens with zero attached hydrogens (tertiary/aromatic N) is 3. The first-order valence-electron chi connectivity index (χ1n) is 4.61. The Labute approximate surface area is 79.4 Å². The van der Waals surface area contributed by atoms with Crippen molar-refractivity contribution in [1.29, 1.82) is 0 Å². The highest BCUT2D eigenvalue weighted by atomic mass is 15.2. The minimum Gasteiger partial charge on any atom is -0.369 e. The molecule has 0 radical (unpaired) electrons. The lowest BCUT2D eigenvalue weighted by Gasteiger charge is -2.14. The smallest absolute Gasteiger partial charge is 0.200 e. The predicted octanol–water partition coefficient (Wildman–Crippen LogP) is 0.725. The van der Waals surface area contributed by atoms with Crippen molar-refractivity contribution in [2.45, 2.75) is 20.4 Å². The molecule has 4 heteroatoms. The van der Waals surface area contributed by atoms with E-state index in [0.717, 1.165) is 25.3 Å². The van der Waals surface area contributed by atoms with Crippen LogP contribution in [0.3, 0.4) is 0 Å². The third-order valence-electron chi connectivity index (χ3n) is 2.19. The number of imidazole rings is 1. The third-order valence-corrected chi connectivity index (χ3v) is 2.19. The Bertz CT molecular complexity index is 267. The van der Waals surface area contributed by atoms with Gasteiger partial charge in [0.2, 0.25) is 0 Å². The Morgan fingerprint density at radius 2 is 2.31 bits per heavy atom. The van der Waals surface area contributed by atoms with E-state index >= 15 is 0 Å². The van der Waals surface area contributed by atoms with Crippen LogP contribution in [0, 0.1) is 6.92 Å². The summed E-state index contributed by atoms with van der Waals surface area (Å²) in [4.78, 5) is 6.38. The number of hydrogen-bond acceptors (Lipinski definition) is 3. The molecule has 1 heterocycles. The van der Waals surface area contributed by atoms with Crippen LogP contribution >= 0.6 is 0 Å². The standard InChI is InChI=1S/C9H18N4/c1-4-12(3)5-6-13-7-8(2)11-9(13)10/h7H,4-6H2,1-3H3,(H2,10,11). The molecule has 0 aliphatic heterocycles. The summed E-state index contributed by atoms with van der Waals surface area (Å²) < 4.78 is 1.99. The van der Waals surface area contributed by atoms with Gasteiger partial charge in [-0.2, -0.15) is 0 Å². The van der Waals surface area contributed by atoms with Crippen molar-refractivity contribution in [3.05, 3.63) is 11.9 Å². The number of hydrogen-bond donors (Lipinski definition) is 1. The van der Waals surface area contributed by atoms with Gasteiger partial charge in [0.15, 0.2) is 5.95 Å². The van der Waals surface area contributed by atoms with Gasteiger partial charge in [-0.3, -0.25) is 0 Å². The van der Waals surface area contributed by atoms with Gasteiger partial charge in [-0.1, -0.05) is 6.92 Å². The Hall–Kier alpha value is -1.03. The van der Waals surface area contributed by atoms with Gasteiger partial charge in [0.05, 0.1) is 5.69 Å². The van der Waals surface area contributed by atoms with Crippen molar-refractivity contribution in [2.24, 2.45) is 0 Å². The third kappa shape index (κ3) is 2.73. The average Bonchev–Trinajstić information content (AvgIpc) is 2.41. The Morgan fingerprint density at radius 1 is 1.62 bits per heavy atom. The minimum atomic E-state index is 0.613. The quantitative estimate of drug-likeness (QED) is 0.746. The molecule has 0 amide bonds. The molecule has 0 unspecified atom stereocenters. The molecule has 13 heavy (non-hydrogen) atoms. The van der Waals surface area contributed by atoms with Crippen molar-refractivity contribution < 1.29 is 0 Å². The highest BCUT2D eigenvalue weighted by Gasteiger charge is 2.01. The van der Waals surface area contributed by atoms with Crippen LogP contribution in [-0.4, -0.2) is 34.6 Å². The number of anilines is 1. The topological polar surface area (TPSA) is 47.1 Å². The van der Waals surface area contributed by atoms with Crippen LogP contribution in [0.2, 0.25) is 0 Å². The van der Waals surface area contributed by atoms with Crippen molar-refractivity contribution in [1.82, 2.24) is 14.5 Å². The molecular formula is C9H18N4. The maximum Gasteiger partial charge on any atom is 0.200 e. The summed E-state index contributed by atoms with van der Waals surface area (Å²) in [5, 5.41) is 0. The lowest BCUT2D eigenvalue weighted by Crippen LogP contribution is -2.23. The van der Waals surface area contributed by atoms with Crippen LogP contribution < -0.4 is 5.73 Å². The summed E-state index contributed by atoms with van der Waals surface area (Å²) >= 11 is 0. The molecule has 2 N–H and O–H groups in total. The van der Waals surface area contributed by atoms with Gasteiger partial charge in [0, 0.05) is 19.3 Å². The molecule has 0 aromatic carbocycles. The van der Waals surface area contributed by atoms with E-state index in [9.17, 15) is 0 Å². The zero-order valence-corrected chi connectivity index (χ0v) is 8.62. The minimum absolute atomic E-state index is 0.613. The molecule has 4 nitrogen and oxygen atoms in total. The zero-order valence-electron chi connectivity index (χ0n) is 8.62. The summed E-state index contributed by atoms with van der Waals surface area (Å²) in [5.74, 6) is 0.613. The monoisotopic (exact) mass is 182 g/mol. The van der Waals surface area contributed by atoms with E-state index in [4.69, 9.17) is 5.73 Å². The lowest BCUT2D eigenvalue weighted by atomic mass is 10.5. The first kappa shape index (κ1) is 10.1. The lowest BCUT2D eigenvalue weighted by molar-refractivity contribution is 0.336. The number of aromatic nitrogens is 2. The summed E-state index contributed by atoms with van der Waals surface area (Å²) in [6, 6.07) is 0. The fourth-order valence-electron chi connectivity index (χ4n) is 1.18. The average molecular weight is 182 g/mol. The predicted molar refractivity (Wildman–Crippen MR) is 54.5 cm³/mol. The molecular weight excluding hydrogens is 164 g/mol. The van der Waals surface area contributed by atoms with Crippen LogP contribution in [0.5, 0.6) is 0 Å². The van der Waals surface area contributed by atoms with Gasteiger partial charge in [-0.25, -0.2) is 4.98 Å². The van der Waals surface area contributed by atoms with Gasteiger partial charge in [-0.05, 0) is 20.5 Å². The number of nitrogen functional groups attached to an aromatic ring is 1. The van der Waals surface area contributed by atoms with Crippen molar-refractivity contribution in [3.8, 4) is 0 Å². The molecule has 0 atom stereocenters. The molecule has 1 aromatic rings. The molecule has 0 bridgehead atoms. The van der Waals surface area contributed by atoms with E-state index in [0.29, 0.717) is 5.95 Å². The number of nitrogens with two attached hydrogens (primary N) is 1. The molecule has 0 spiro atoms. The highest BCUT2D eigenvalue weighted by Crippen LogP contribution is 2.03. The van der Waals surface area contributed by atoms with Crippen LogP contribution in [0.4, 0.5) is 5.95 Å². The Morgan fingerprint density at radius 3 is 2.77 bits per heavy atom. The number of aryl methyl sites for hydroxylation is 1. The summed E-state index contributed by atoms with van der Waals surface area (Å²) in [5.41, 5.74) is 6.69. The molecule has 1 rings (SSSR count). The Balaban J connectivity index is 2.49. The fraction of sp³-hybridized carbons (Fsp3) is 0.667. The van der Waals surface area contributed by atoms with Crippen LogP contribution in [-0.2, 0) is 6.54 Å². The molecule has 0 saturated heterocycles. The summed E-state index contributed by atoms with van der Waals surface area (Å²) in [7, 11) is 2.10. The van der Waals surface area contributed by atoms with Crippen molar-refractivity contribution >= 4 is 5.95 Å². The normalized spacial score (nSPS) is 11.1. The van der Waals surface area contributed by atoms with Crippen LogP contribution in [0.25, 0.3) is 0 Å². The molecule has 74 valence electrons. The zero-order chi connectivity index (χ0) is 9.84. The first-order chi connectivity index (χ1) is 6.13. The van der Waals surface area contributed by atoms with E-state index in [1.807, 2.05) is 17.7 Å². The van der Waals surface area contributed by atoms with Crippen LogP contribution in [0.15, 0.2) is 6.20 Å². The fourth-order valence-corrected chi connectivity index (χ4v) is 1.18. The highest BCUT2D eigenvalue weighted by molar-refractivity contribution is 5.20. The molecule has 0 aliphatic carbocycles. The first-order valence-corrected chi connectivity index (χ1v) is 4.61. The van der Waals surface area contributed by atoms with E-state index in [1.165, 1.54) is 0 Å². The van der Waals surface area contributed by atoms with Gasteiger partial charge in [-0.15, -0.1) is 0 Å². The van der Waals surface area contributed by atoms with Crippen LogP contribution in [0.1, 0.15) is 12.6 Å². The molecule has 0 fully saturated rings. The van der Waals surface area contributed by atoms with E-state index in [-0.39, 0.29) is 0 Å². The maximum absolute atomic E-state index is 5.70.